The summed E-state index contributed by atoms with van der Waals surface area (Å²) in [4.78, 5) is 17.2. The molecular formula is C20H24F3N5O4. The minimum absolute atomic E-state index is 0.0242. The van der Waals surface area contributed by atoms with E-state index in [0.717, 1.165) is 38.1 Å². The Balaban J connectivity index is 1.61. The van der Waals surface area contributed by atoms with Crippen molar-refractivity contribution in [3.63, 3.8) is 0 Å². The van der Waals surface area contributed by atoms with Gasteiger partial charge in [-0.1, -0.05) is 0 Å². The molecule has 3 heterocycles. The first-order valence-corrected chi connectivity index (χ1v) is 10.3. The Bertz CT molecular complexity index is 1040. The van der Waals surface area contributed by atoms with Crippen LogP contribution in [0.2, 0.25) is 0 Å². The Kier molecular flexibility index (Phi) is 5.99. The minimum Gasteiger partial charge on any atom is -0.507 e. The Morgan fingerprint density at radius 1 is 1.22 bits per heavy atom. The number of fused-ring (bicyclic) bond motifs is 1. The van der Waals surface area contributed by atoms with E-state index in [1.165, 1.54) is 17.7 Å². The Morgan fingerprint density at radius 2 is 1.97 bits per heavy atom. The highest BCUT2D eigenvalue weighted by molar-refractivity contribution is 5.65. The van der Waals surface area contributed by atoms with Crippen LogP contribution in [0.25, 0.3) is 11.4 Å². The Morgan fingerprint density at radius 3 is 2.66 bits per heavy atom. The molecule has 2 atom stereocenters. The third-order valence-corrected chi connectivity index (χ3v) is 6.13. The molecule has 0 spiro atoms. The van der Waals surface area contributed by atoms with E-state index < -0.39 is 23.4 Å². The summed E-state index contributed by atoms with van der Waals surface area (Å²) in [6.07, 6.45) is -2.97. The van der Waals surface area contributed by atoms with E-state index in [-0.39, 0.29) is 29.9 Å². The number of ether oxygens (including phenoxy) is 1. The van der Waals surface area contributed by atoms with Gasteiger partial charge in [0.2, 0.25) is 5.82 Å². The third kappa shape index (κ3) is 4.37. The molecule has 174 valence electrons. The standard InChI is InChI=1S/C20H24F3N5O4/c1-26-17(14-3-2-13(10-16(14)30)32-20(21,22)23)24-25-18(19(26)31)28-7-5-12-4-6-27(8-9-29)11-15(12)28/h2-3,10,12,15,29-30H,4-9,11H2,1H3/t12-,15-/m0/s1. The summed E-state index contributed by atoms with van der Waals surface area (Å²) in [5.74, 6) is -0.443. The number of aliphatic hydroxyl groups excluding tert-OH is 1. The number of β-amino-alcohol motifs (C(OH)–C–C–N with tert-alkyl or cyclic N) is 1. The molecule has 0 aliphatic carbocycles. The molecule has 2 saturated heterocycles. The summed E-state index contributed by atoms with van der Waals surface area (Å²) in [6.45, 7) is 2.95. The number of piperidine rings is 1. The second-order valence-corrected chi connectivity index (χ2v) is 8.06. The van der Waals surface area contributed by atoms with Crippen LogP contribution >= 0.6 is 0 Å². The molecule has 12 heteroatoms. The second kappa shape index (κ2) is 8.58. The van der Waals surface area contributed by atoms with Crippen LogP contribution in [0.4, 0.5) is 19.0 Å². The molecule has 0 amide bonds. The van der Waals surface area contributed by atoms with Crippen molar-refractivity contribution in [2.24, 2.45) is 13.0 Å². The molecule has 1 aromatic heterocycles. The molecule has 0 saturated carbocycles. The largest absolute Gasteiger partial charge is 0.573 e. The fourth-order valence-electron chi connectivity index (χ4n) is 4.58. The Hall–Kier alpha value is -2.86. The number of halogens is 3. The van der Waals surface area contributed by atoms with Gasteiger partial charge in [-0.25, -0.2) is 0 Å². The van der Waals surface area contributed by atoms with E-state index in [4.69, 9.17) is 0 Å². The fourth-order valence-corrected chi connectivity index (χ4v) is 4.58. The zero-order valence-electron chi connectivity index (χ0n) is 17.4. The van der Waals surface area contributed by atoms with Gasteiger partial charge in [-0.05, 0) is 37.4 Å². The van der Waals surface area contributed by atoms with Gasteiger partial charge in [0.15, 0.2) is 5.82 Å². The minimum atomic E-state index is -4.89. The topological polar surface area (TPSA) is 104 Å². The number of benzene rings is 1. The zero-order valence-corrected chi connectivity index (χ0v) is 17.4. The predicted molar refractivity (Wildman–Crippen MR) is 108 cm³/mol. The molecule has 4 rings (SSSR count). The average molecular weight is 455 g/mol. The monoisotopic (exact) mass is 455 g/mol. The van der Waals surface area contributed by atoms with Crippen molar-refractivity contribution in [3.8, 4) is 22.9 Å². The van der Waals surface area contributed by atoms with Gasteiger partial charge in [0.1, 0.15) is 11.5 Å². The van der Waals surface area contributed by atoms with E-state index in [1.807, 2.05) is 4.90 Å². The second-order valence-electron chi connectivity index (χ2n) is 8.06. The first-order chi connectivity index (χ1) is 15.2. The number of phenols is 1. The van der Waals surface area contributed by atoms with Crippen LogP contribution in [0.1, 0.15) is 12.8 Å². The van der Waals surface area contributed by atoms with Gasteiger partial charge in [0, 0.05) is 38.8 Å². The van der Waals surface area contributed by atoms with Crippen LogP contribution in [0.15, 0.2) is 23.0 Å². The molecule has 2 aromatic rings. The highest BCUT2D eigenvalue weighted by Crippen LogP contribution is 2.35. The number of aromatic nitrogens is 3. The number of hydrogen-bond acceptors (Lipinski definition) is 8. The van der Waals surface area contributed by atoms with Crippen molar-refractivity contribution in [2.75, 3.05) is 37.7 Å². The number of anilines is 1. The Labute approximate surface area is 181 Å². The lowest BCUT2D eigenvalue weighted by Crippen LogP contribution is -2.50. The first-order valence-electron chi connectivity index (χ1n) is 10.3. The van der Waals surface area contributed by atoms with Crippen molar-refractivity contribution in [3.05, 3.63) is 28.6 Å². The van der Waals surface area contributed by atoms with E-state index in [9.17, 15) is 28.2 Å². The lowest BCUT2D eigenvalue weighted by Gasteiger charge is -2.38. The van der Waals surface area contributed by atoms with Crippen LogP contribution in [-0.2, 0) is 7.05 Å². The molecule has 2 fully saturated rings. The number of aromatic hydroxyl groups is 1. The first kappa shape index (κ1) is 22.3. The summed E-state index contributed by atoms with van der Waals surface area (Å²) in [7, 11) is 1.47. The number of likely N-dealkylation sites (tertiary alicyclic amines) is 1. The fraction of sp³-hybridized carbons (Fsp3) is 0.550. The maximum absolute atomic E-state index is 13.1. The number of phenolic OH excluding ortho intramolecular Hbond substituents is 1. The maximum Gasteiger partial charge on any atom is 0.573 e. The van der Waals surface area contributed by atoms with Gasteiger partial charge in [0.25, 0.3) is 5.56 Å². The number of alkyl halides is 3. The van der Waals surface area contributed by atoms with Crippen molar-refractivity contribution in [1.82, 2.24) is 19.7 Å². The van der Waals surface area contributed by atoms with Gasteiger partial charge in [-0.3, -0.25) is 14.3 Å². The zero-order chi connectivity index (χ0) is 23.0. The summed E-state index contributed by atoms with van der Waals surface area (Å²) in [6, 6.07) is 3.13. The number of hydrogen-bond donors (Lipinski definition) is 2. The summed E-state index contributed by atoms with van der Waals surface area (Å²) < 4.78 is 42.2. The lowest BCUT2D eigenvalue weighted by atomic mass is 9.92. The van der Waals surface area contributed by atoms with Crippen molar-refractivity contribution < 1.29 is 28.1 Å². The van der Waals surface area contributed by atoms with Gasteiger partial charge < -0.3 is 19.8 Å². The normalized spacial score (nSPS) is 21.6. The molecule has 1 aromatic carbocycles. The van der Waals surface area contributed by atoms with Crippen LogP contribution in [0.3, 0.4) is 0 Å². The van der Waals surface area contributed by atoms with E-state index in [1.54, 1.807) is 0 Å². The molecule has 0 radical (unpaired) electrons. The van der Waals surface area contributed by atoms with Gasteiger partial charge in [0.05, 0.1) is 12.2 Å². The number of nitrogens with zero attached hydrogens (tertiary/aromatic N) is 5. The van der Waals surface area contributed by atoms with Crippen LogP contribution in [0, 0.1) is 5.92 Å². The van der Waals surface area contributed by atoms with Crippen molar-refractivity contribution in [2.45, 2.75) is 25.2 Å². The molecule has 2 N–H and O–H groups in total. The molecular weight excluding hydrogens is 431 g/mol. The van der Waals surface area contributed by atoms with Crippen LogP contribution in [-0.4, -0.2) is 75.1 Å². The van der Waals surface area contributed by atoms with Gasteiger partial charge in [-0.15, -0.1) is 23.4 Å². The molecule has 2 aliphatic heterocycles. The molecule has 0 bridgehead atoms. The van der Waals surface area contributed by atoms with Gasteiger partial charge >= 0.3 is 6.36 Å². The molecule has 2 aliphatic rings. The average Bonchev–Trinajstić information content (AvgIpc) is 3.13. The predicted octanol–water partition coefficient (Wildman–Crippen LogP) is 1.34. The highest BCUT2D eigenvalue weighted by Gasteiger charge is 2.40. The summed E-state index contributed by atoms with van der Waals surface area (Å²) in [5, 5.41) is 27.7. The highest BCUT2D eigenvalue weighted by atomic mass is 19.4. The van der Waals surface area contributed by atoms with Crippen molar-refractivity contribution in [1.29, 1.82) is 0 Å². The SMILES string of the molecule is Cn1c(-c2ccc(OC(F)(F)F)cc2O)nnc(N2CC[C@@H]3CCN(CCO)C[C@@H]32)c1=O. The maximum atomic E-state index is 13.1. The summed E-state index contributed by atoms with van der Waals surface area (Å²) >= 11 is 0. The third-order valence-electron chi connectivity index (χ3n) is 6.13. The molecule has 0 unspecified atom stereocenters. The van der Waals surface area contributed by atoms with Crippen LogP contribution < -0.4 is 15.2 Å². The smallest absolute Gasteiger partial charge is 0.507 e. The van der Waals surface area contributed by atoms with Crippen molar-refractivity contribution >= 4 is 5.82 Å². The lowest BCUT2D eigenvalue weighted by molar-refractivity contribution is -0.274. The molecule has 9 nitrogen and oxygen atoms in total. The van der Waals surface area contributed by atoms with Gasteiger partial charge in [-0.2, -0.15) is 0 Å². The van der Waals surface area contributed by atoms with E-state index in [0.29, 0.717) is 19.0 Å². The number of rotatable bonds is 5. The van der Waals surface area contributed by atoms with Crippen LogP contribution in [0.5, 0.6) is 11.5 Å². The quantitative estimate of drug-likeness (QED) is 0.696. The van der Waals surface area contributed by atoms with E-state index >= 15 is 0 Å². The van der Waals surface area contributed by atoms with E-state index in [2.05, 4.69) is 19.8 Å². The molecule has 32 heavy (non-hydrogen) atoms. The number of aliphatic hydroxyl groups is 1. The summed E-state index contributed by atoms with van der Waals surface area (Å²) in [5.41, 5.74) is -0.353.